The predicted octanol–water partition coefficient (Wildman–Crippen LogP) is -1.78. The molecule has 0 bridgehead atoms. The maximum Gasteiger partial charge on any atom is 0.322 e. The number of hydrazine groups is 1. The summed E-state index contributed by atoms with van der Waals surface area (Å²) in [6, 6.07) is -1.99. The Balaban J connectivity index is 2.45. The standard InChI is InChI=1S/C12H21N7O4/c13-12(14)16-3-1-2-8(10(20)21)18-19-9(11(22)23)4-7-5-15-6-17-7/h5-6,8-9,18-19H,1-4H2,(H,15,17)(H,20,21)(H,22,23)(H4,13,14,16)/t8-,9-/m0/s1. The molecule has 9 N–H and O–H groups in total. The fraction of sp³-hybridized carbons (Fsp3) is 0.500. The number of H-pyrrole nitrogens is 1. The van der Waals surface area contributed by atoms with E-state index in [1.165, 1.54) is 6.33 Å². The van der Waals surface area contributed by atoms with Crippen LogP contribution in [0, 0.1) is 5.41 Å². The van der Waals surface area contributed by atoms with Crippen molar-refractivity contribution in [2.45, 2.75) is 31.3 Å². The molecule has 23 heavy (non-hydrogen) atoms. The first-order chi connectivity index (χ1) is 10.9. The molecule has 1 heterocycles. The quantitative estimate of drug-likeness (QED) is 0.100. The Labute approximate surface area is 132 Å². The van der Waals surface area contributed by atoms with Crippen LogP contribution in [0.1, 0.15) is 18.5 Å². The molecule has 0 fully saturated rings. The Morgan fingerprint density at radius 3 is 2.48 bits per heavy atom. The van der Waals surface area contributed by atoms with E-state index in [9.17, 15) is 9.59 Å². The minimum absolute atomic E-state index is 0.101. The van der Waals surface area contributed by atoms with E-state index in [0.29, 0.717) is 18.7 Å². The molecule has 11 nitrogen and oxygen atoms in total. The molecule has 2 atom stereocenters. The summed E-state index contributed by atoms with van der Waals surface area (Å²) in [4.78, 5) is 29.0. The predicted molar refractivity (Wildman–Crippen MR) is 80.6 cm³/mol. The Kier molecular flexibility index (Phi) is 7.50. The maximum absolute atomic E-state index is 11.2. The topological polar surface area (TPSA) is 189 Å². The van der Waals surface area contributed by atoms with Gasteiger partial charge in [-0.05, 0) is 12.8 Å². The van der Waals surface area contributed by atoms with E-state index >= 15 is 0 Å². The van der Waals surface area contributed by atoms with Gasteiger partial charge in [0.25, 0.3) is 0 Å². The van der Waals surface area contributed by atoms with Crippen LogP contribution in [-0.4, -0.2) is 56.7 Å². The van der Waals surface area contributed by atoms with Crippen molar-refractivity contribution in [1.29, 1.82) is 5.41 Å². The number of hydrogen-bond donors (Lipinski definition) is 8. The highest BCUT2D eigenvalue weighted by Gasteiger charge is 2.22. The summed E-state index contributed by atoms with van der Waals surface area (Å²) >= 11 is 0. The molecule has 0 radical (unpaired) electrons. The molecule has 1 rings (SSSR count). The average molecular weight is 327 g/mol. The molecule has 0 aromatic carbocycles. The highest BCUT2D eigenvalue weighted by molar-refractivity contribution is 5.75. The zero-order chi connectivity index (χ0) is 17.2. The van der Waals surface area contributed by atoms with Gasteiger partial charge in [-0.25, -0.2) is 15.8 Å². The Bertz CT molecular complexity index is 519. The van der Waals surface area contributed by atoms with Gasteiger partial charge >= 0.3 is 11.9 Å². The van der Waals surface area contributed by atoms with Gasteiger partial charge in [-0.1, -0.05) is 0 Å². The molecule has 0 aliphatic heterocycles. The minimum atomic E-state index is -1.12. The summed E-state index contributed by atoms with van der Waals surface area (Å²) in [6.45, 7) is 0.358. The first-order valence-electron chi connectivity index (χ1n) is 6.92. The number of hydrogen-bond acceptors (Lipinski definition) is 6. The largest absolute Gasteiger partial charge is 0.480 e. The van der Waals surface area contributed by atoms with Crippen molar-refractivity contribution >= 4 is 17.9 Å². The van der Waals surface area contributed by atoms with Gasteiger partial charge in [-0.2, -0.15) is 0 Å². The van der Waals surface area contributed by atoms with Gasteiger partial charge in [0.2, 0.25) is 0 Å². The summed E-state index contributed by atoms with van der Waals surface area (Å²) in [5.74, 6) is -2.42. The second-order valence-electron chi connectivity index (χ2n) is 4.82. The lowest BCUT2D eigenvalue weighted by Gasteiger charge is -2.19. The van der Waals surface area contributed by atoms with E-state index in [0.717, 1.165) is 0 Å². The van der Waals surface area contributed by atoms with Gasteiger partial charge in [0.15, 0.2) is 5.96 Å². The highest BCUT2D eigenvalue weighted by atomic mass is 16.4. The monoisotopic (exact) mass is 327 g/mol. The Hall–Kier alpha value is -2.66. The van der Waals surface area contributed by atoms with Crippen molar-refractivity contribution in [3.05, 3.63) is 18.2 Å². The van der Waals surface area contributed by atoms with Crippen LogP contribution in [0.5, 0.6) is 0 Å². The van der Waals surface area contributed by atoms with E-state index in [-0.39, 0.29) is 18.8 Å². The zero-order valence-electron chi connectivity index (χ0n) is 12.4. The van der Waals surface area contributed by atoms with Crippen molar-refractivity contribution in [3.63, 3.8) is 0 Å². The van der Waals surface area contributed by atoms with Crippen molar-refractivity contribution in [3.8, 4) is 0 Å². The average Bonchev–Trinajstić information content (AvgIpc) is 2.97. The molecule has 0 unspecified atom stereocenters. The Morgan fingerprint density at radius 2 is 1.96 bits per heavy atom. The lowest BCUT2D eigenvalue weighted by atomic mass is 10.1. The van der Waals surface area contributed by atoms with Crippen LogP contribution in [0.3, 0.4) is 0 Å². The summed E-state index contributed by atoms with van der Waals surface area (Å²) in [7, 11) is 0. The van der Waals surface area contributed by atoms with Crippen LogP contribution in [0.25, 0.3) is 0 Å². The number of nitrogens with zero attached hydrogens (tertiary/aromatic N) is 1. The van der Waals surface area contributed by atoms with E-state index in [4.69, 9.17) is 21.4 Å². The van der Waals surface area contributed by atoms with Crippen molar-refractivity contribution in [1.82, 2.24) is 26.1 Å². The molecular formula is C12H21N7O4. The minimum Gasteiger partial charge on any atom is -0.480 e. The van der Waals surface area contributed by atoms with Gasteiger partial charge in [0.1, 0.15) is 12.1 Å². The van der Waals surface area contributed by atoms with Gasteiger partial charge in [0.05, 0.1) is 12.0 Å². The molecule has 1 aromatic heterocycles. The number of guanidine groups is 1. The molecule has 0 saturated heterocycles. The van der Waals surface area contributed by atoms with Gasteiger partial charge in [-0.15, -0.1) is 0 Å². The number of carbonyl (C=O) groups is 2. The molecule has 1 aromatic rings. The third-order valence-corrected chi connectivity index (χ3v) is 2.98. The molecule has 11 heteroatoms. The Morgan fingerprint density at radius 1 is 1.30 bits per heavy atom. The molecule has 0 spiro atoms. The van der Waals surface area contributed by atoms with Crippen molar-refractivity contribution < 1.29 is 19.8 Å². The summed E-state index contributed by atoms with van der Waals surface area (Å²) in [6.07, 6.45) is 3.78. The van der Waals surface area contributed by atoms with E-state index < -0.39 is 24.0 Å². The number of rotatable bonds is 11. The second-order valence-corrected chi connectivity index (χ2v) is 4.82. The van der Waals surface area contributed by atoms with Crippen LogP contribution in [0.2, 0.25) is 0 Å². The van der Waals surface area contributed by atoms with E-state index in [1.807, 2.05) is 0 Å². The van der Waals surface area contributed by atoms with Crippen LogP contribution in [0.4, 0.5) is 0 Å². The smallest absolute Gasteiger partial charge is 0.322 e. The molecule has 0 amide bonds. The fourth-order valence-electron chi connectivity index (χ4n) is 1.80. The van der Waals surface area contributed by atoms with Crippen LogP contribution < -0.4 is 21.9 Å². The van der Waals surface area contributed by atoms with E-state index in [2.05, 4.69) is 26.1 Å². The first-order valence-corrected chi connectivity index (χ1v) is 6.92. The van der Waals surface area contributed by atoms with Crippen molar-refractivity contribution in [2.24, 2.45) is 5.73 Å². The summed E-state index contributed by atoms with van der Waals surface area (Å²) < 4.78 is 0. The second kappa shape index (κ2) is 9.38. The highest BCUT2D eigenvalue weighted by Crippen LogP contribution is 2.00. The maximum atomic E-state index is 11.2. The first kappa shape index (κ1) is 18.4. The molecule has 0 aliphatic carbocycles. The third-order valence-electron chi connectivity index (χ3n) is 2.98. The lowest BCUT2D eigenvalue weighted by Crippen LogP contribution is -2.53. The molecule has 128 valence electrons. The van der Waals surface area contributed by atoms with E-state index in [1.54, 1.807) is 6.20 Å². The molecular weight excluding hydrogens is 306 g/mol. The fourth-order valence-corrected chi connectivity index (χ4v) is 1.80. The summed E-state index contributed by atoms with van der Waals surface area (Å²) in [5.41, 5.74) is 10.7. The normalized spacial score (nSPS) is 13.2. The molecule has 0 saturated carbocycles. The van der Waals surface area contributed by atoms with Gasteiger partial charge in [-0.3, -0.25) is 15.0 Å². The third kappa shape index (κ3) is 7.24. The number of aromatic amines is 1. The van der Waals surface area contributed by atoms with Gasteiger partial charge < -0.3 is 26.2 Å². The van der Waals surface area contributed by atoms with Crippen molar-refractivity contribution in [2.75, 3.05) is 6.54 Å². The number of aliphatic carboxylic acids is 2. The van der Waals surface area contributed by atoms with Gasteiger partial charge in [0, 0.05) is 19.2 Å². The number of nitrogens with one attached hydrogen (secondary N) is 5. The van der Waals surface area contributed by atoms with Crippen LogP contribution in [-0.2, 0) is 16.0 Å². The number of carboxylic acid groups (broad SMARTS) is 2. The number of nitrogens with two attached hydrogens (primary N) is 1. The number of imidazole rings is 1. The molecule has 0 aliphatic rings. The number of carboxylic acids is 2. The van der Waals surface area contributed by atoms with Crippen LogP contribution >= 0.6 is 0 Å². The lowest BCUT2D eigenvalue weighted by molar-refractivity contribution is -0.143. The number of aromatic nitrogens is 2. The SMILES string of the molecule is N=C(N)NCCC[C@H](NN[C@@H](Cc1c[nH]cn1)C(=O)O)C(=O)O. The zero-order valence-corrected chi connectivity index (χ0v) is 12.4. The van der Waals surface area contributed by atoms with Crippen LogP contribution in [0.15, 0.2) is 12.5 Å². The summed E-state index contributed by atoms with van der Waals surface area (Å²) in [5, 5.41) is 27.9.